The Labute approximate surface area is 127 Å². The van der Waals surface area contributed by atoms with Crippen molar-refractivity contribution in [3.05, 3.63) is 23.8 Å². The highest BCUT2D eigenvalue weighted by molar-refractivity contribution is 5.46. The molecule has 0 spiro atoms. The van der Waals surface area contributed by atoms with Gasteiger partial charge in [0, 0.05) is 17.5 Å². The summed E-state index contributed by atoms with van der Waals surface area (Å²) in [4.78, 5) is 2.48. The van der Waals surface area contributed by atoms with Crippen molar-refractivity contribution in [2.45, 2.75) is 43.2 Å². The first-order valence-electron chi connectivity index (χ1n) is 7.79. The van der Waals surface area contributed by atoms with Gasteiger partial charge in [0.05, 0.1) is 14.2 Å². The first-order chi connectivity index (χ1) is 10.1. The third-order valence-electron chi connectivity index (χ3n) is 5.53. The van der Waals surface area contributed by atoms with Crippen LogP contribution < -0.4 is 15.2 Å². The summed E-state index contributed by atoms with van der Waals surface area (Å²) in [5.74, 6) is 1.63. The zero-order valence-electron chi connectivity index (χ0n) is 13.3. The van der Waals surface area contributed by atoms with E-state index in [0.717, 1.165) is 30.9 Å². The average molecular weight is 290 g/mol. The van der Waals surface area contributed by atoms with Crippen molar-refractivity contribution in [2.75, 3.05) is 27.8 Å². The molecular formula is C17H26N2O2. The summed E-state index contributed by atoms with van der Waals surface area (Å²) in [6, 6.07) is 7.29. The van der Waals surface area contributed by atoms with Crippen molar-refractivity contribution in [1.29, 1.82) is 0 Å². The third-order valence-corrected chi connectivity index (χ3v) is 5.53. The summed E-state index contributed by atoms with van der Waals surface area (Å²) >= 11 is 0. The van der Waals surface area contributed by atoms with Gasteiger partial charge in [-0.1, -0.05) is 6.07 Å². The van der Waals surface area contributed by atoms with Crippen LogP contribution in [0.15, 0.2) is 18.2 Å². The lowest BCUT2D eigenvalue weighted by atomic mass is 9.65. The minimum absolute atomic E-state index is 0.226. The van der Waals surface area contributed by atoms with Crippen molar-refractivity contribution >= 4 is 0 Å². The molecule has 1 aliphatic heterocycles. The quantitative estimate of drug-likeness (QED) is 0.926. The van der Waals surface area contributed by atoms with E-state index in [0.29, 0.717) is 12.1 Å². The average Bonchev–Trinajstić information content (AvgIpc) is 2.85. The molecule has 1 saturated heterocycles. The molecule has 0 unspecified atom stereocenters. The molecule has 1 heterocycles. The van der Waals surface area contributed by atoms with Gasteiger partial charge in [-0.05, 0) is 57.0 Å². The number of hydrogen-bond acceptors (Lipinski definition) is 4. The number of nitrogens with two attached hydrogens (primary N) is 1. The number of hydrogen-bond donors (Lipinski definition) is 1. The number of benzene rings is 1. The predicted molar refractivity (Wildman–Crippen MR) is 84.1 cm³/mol. The van der Waals surface area contributed by atoms with E-state index in [4.69, 9.17) is 15.2 Å². The second-order valence-electron chi connectivity index (χ2n) is 6.51. The molecule has 2 fully saturated rings. The Hall–Kier alpha value is -1.26. The number of ether oxygens (including phenoxy) is 2. The monoisotopic (exact) mass is 290 g/mol. The summed E-state index contributed by atoms with van der Waals surface area (Å²) in [5, 5.41) is 0. The van der Waals surface area contributed by atoms with Crippen LogP contribution in [0.25, 0.3) is 0 Å². The van der Waals surface area contributed by atoms with Crippen LogP contribution in [0.2, 0.25) is 0 Å². The number of methoxy groups -OCH3 is 2. The van der Waals surface area contributed by atoms with Crippen LogP contribution in [-0.4, -0.2) is 44.8 Å². The fourth-order valence-electron chi connectivity index (χ4n) is 4.29. The number of likely N-dealkylation sites (N-methyl/N-ethyl adjacent to an activating group) is 1. The van der Waals surface area contributed by atoms with Crippen molar-refractivity contribution in [3.8, 4) is 11.5 Å². The van der Waals surface area contributed by atoms with Gasteiger partial charge in [0.1, 0.15) is 0 Å². The Kier molecular flexibility index (Phi) is 3.84. The van der Waals surface area contributed by atoms with Gasteiger partial charge >= 0.3 is 0 Å². The van der Waals surface area contributed by atoms with Gasteiger partial charge in [-0.3, -0.25) is 0 Å². The lowest BCUT2D eigenvalue weighted by molar-refractivity contribution is 0.167. The molecular weight excluding hydrogens is 264 g/mol. The van der Waals surface area contributed by atoms with Crippen LogP contribution in [0.5, 0.6) is 11.5 Å². The lowest BCUT2D eigenvalue weighted by Crippen LogP contribution is -2.49. The van der Waals surface area contributed by atoms with Gasteiger partial charge in [-0.25, -0.2) is 0 Å². The standard InChI is InChI=1S/C17H26N2O2/c1-19-9-8-17(7-6-13(18)11-16(17)19)12-4-5-14(20-2)15(10-12)21-3/h4-5,10,13,16H,6-9,11,18H2,1-3H3/t13-,16-,17-/m0/s1. The van der Waals surface area contributed by atoms with Gasteiger partial charge in [-0.2, -0.15) is 0 Å². The van der Waals surface area contributed by atoms with Crippen LogP contribution in [0.3, 0.4) is 0 Å². The molecule has 4 heteroatoms. The predicted octanol–water partition coefficient (Wildman–Crippen LogP) is 2.16. The highest BCUT2D eigenvalue weighted by atomic mass is 16.5. The van der Waals surface area contributed by atoms with Crippen molar-refractivity contribution in [2.24, 2.45) is 5.73 Å². The fourth-order valence-corrected chi connectivity index (χ4v) is 4.29. The molecule has 4 nitrogen and oxygen atoms in total. The molecule has 0 aromatic heterocycles. The van der Waals surface area contributed by atoms with Crippen LogP contribution in [0.1, 0.15) is 31.2 Å². The Morgan fingerprint density at radius 3 is 2.67 bits per heavy atom. The van der Waals surface area contributed by atoms with Gasteiger partial charge in [-0.15, -0.1) is 0 Å². The van der Waals surface area contributed by atoms with E-state index < -0.39 is 0 Å². The highest BCUT2D eigenvalue weighted by Crippen LogP contribution is 2.49. The van der Waals surface area contributed by atoms with E-state index in [1.165, 1.54) is 18.4 Å². The van der Waals surface area contributed by atoms with Crippen molar-refractivity contribution in [1.82, 2.24) is 4.90 Å². The van der Waals surface area contributed by atoms with E-state index in [-0.39, 0.29) is 5.41 Å². The number of fused-ring (bicyclic) bond motifs is 1. The Morgan fingerprint density at radius 1 is 1.19 bits per heavy atom. The molecule has 2 N–H and O–H groups in total. The summed E-state index contributed by atoms with van der Waals surface area (Å²) in [5.41, 5.74) is 7.82. The van der Waals surface area contributed by atoms with Gasteiger partial charge in [0.2, 0.25) is 0 Å². The topological polar surface area (TPSA) is 47.7 Å². The van der Waals surface area contributed by atoms with E-state index in [9.17, 15) is 0 Å². The van der Waals surface area contributed by atoms with Crippen LogP contribution in [0.4, 0.5) is 0 Å². The zero-order chi connectivity index (χ0) is 15.0. The summed E-state index contributed by atoms with van der Waals surface area (Å²) in [7, 11) is 5.61. The van der Waals surface area contributed by atoms with Crippen LogP contribution in [-0.2, 0) is 5.41 Å². The maximum absolute atomic E-state index is 6.22. The second kappa shape index (κ2) is 5.50. The summed E-state index contributed by atoms with van der Waals surface area (Å²) in [6.07, 6.45) is 4.57. The van der Waals surface area contributed by atoms with E-state index in [1.54, 1.807) is 14.2 Å². The molecule has 0 bridgehead atoms. The highest BCUT2D eigenvalue weighted by Gasteiger charge is 2.49. The van der Waals surface area contributed by atoms with E-state index >= 15 is 0 Å². The van der Waals surface area contributed by atoms with E-state index in [1.807, 2.05) is 6.07 Å². The zero-order valence-corrected chi connectivity index (χ0v) is 13.3. The molecule has 0 radical (unpaired) electrons. The lowest BCUT2D eigenvalue weighted by Gasteiger charge is -2.44. The van der Waals surface area contributed by atoms with Gasteiger partial charge in [0.15, 0.2) is 11.5 Å². The van der Waals surface area contributed by atoms with Gasteiger partial charge < -0.3 is 20.1 Å². The van der Waals surface area contributed by atoms with E-state index in [2.05, 4.69) is 24.1 Å². The SMILES string of the molecule is COc1ccc([C@@]23CC[C@H](N)C[C@@H]2N(C)CC3)cc1OC. The minimum atomic E-state index is 0.226. The summed E-state index contributed by atoms with van der Waals surface area (Å²) < 4.78 is 10.9. The molecule has 1 saturated carbocycles. The smallest absolute Gasteiger partial charge is 0.161 e. The fraction of sp³-hybridized carbons (Fsp3) is 0.647. The third kappa shape index (κ3) is 2.30. The maximum atomic E-state index is 6.22. The Bertz CT molecular complexity index is 520. The largest absolute Gasteiger partial charge is 0.493 e. The molecule has 3 atom stereocenters. The Morgan fingerprint density at radius 2 is 1.95 bits per heavy atom. The molecule has 1 aliphatic carbocycles. The number of likely N-dealkylation sites (tertiary alicyclic amines) is 1. The molecule has 116 valence electrons. The second-order valence-corrected chi connectivity index (χ2v) is 6.51. The molecule has 2 aliphatic rings. The molecule has 21 heavy (non-hydrogen) atoms. The minimum Gasteiger partial charge on any atom is -0.493 e. The van der Waals surface area contributed by atoms with Crippen molar-refractivity contribution in [3.63, 3.8) is 0 Å². The maximum Gasteiger partial charge on any atom is 0.161 e. The number of rotatable bonds is 3. The van der Waals surface area contributed by atoms with Gasteiger partial charge in [0.25, 0.3) is 0 Å². The molecule has 3 rings (SSSR count). The molecule has 1 aromatic rings. The van der Waals surface area contributed by atoms with Crippen LogP contribution in [0, 0.1) is 0 Å². The Balaban J connectivity index is 2.01. The number of nitrogens with zero attached hydrogens (tertiary/aromatic N) is 1. The summed E-state index contributed by atoms with van der Waals surface area (Å²) in [6.45, 7) is 1.14. The first-order valence-corrected chi connectivity index (χ1v) is 7.79. The molecule has 1 aromatic carbocycles. The normalized spacial score (nSPS) is 32.8. The first kappa shape index (κ1) is 14.7. The molecule has 0 amide bonds. The van der Waals surface area contributed by atoms with Crippen molar-refractivity contribution < 1.29 is 9.47 Å². The van der Waals surface area contributed by atoms with Crippen LogP contribution >= 0.6 is 0 Å².